The molecule has 46 valence electrons. The molecule has 1 atom stereocenters. The molecule has 0 aromatic rings. The Morgan fingerprint density at radius 3 is 1.88 bits per heavy atom. The first kappa shape index (κ1) is 7.48. The zero-order valence-corrected chi connectivity index (χ0v) is 5.94. The van der Waals surface area contributed by atoms with E-state index in [1.807, 2.05) is 6.92 Å². The van der Waals surface area contributed by atoms with Crippen LogP contribution in [0.4, 0.5) is 0 Å². The maximum atomic E-state index is 3.36. The largest absolute Gasteiger partial charge is 0.103 e. The lowest BCUT2D eigenvalue weighted by Crippen LogP contribution is -1.57. The van der Waals surface area contributed by atoms with Gasteiger partial charge in [0.05, 0.1) is 0 Å². The molecule has 8 heavy (non-hydrogen) atoms. The van der Waals surface area contributed by atoms with Gasteiger partial charge in [0.15, 0.2) is 0 Å². The van der Waals surface area contributed by atoms with Crippen molar-refractivity contribution in [3.63, 3.8) is 0 Å². The topological polar surface area (TPSA) is 0 Å². The second-order valence-electron chi connectivity index (χ2n) is 2.11. The Bertz CT molecular complexity index is 98.6. The third-order valence-corrected chi connectivity index (χ3v) is 1.12. The van der Waals surface area contributed by atoms with Crippen molar-refractivity contribution in [1.29, 1.82) is 0 Å². The van der Waals surface area contributed by atoms with Gasteiger partial charge in [-0.3, -0.25) is 0 Å². The van der Waals surface area contributed by atoms with Gasteiger partial charge >= 0.3 is 0 Å². The molecule has 0 saturated heterocycles. The van der Waals surface area contributed by atoms with Crippen molar-refractivity contribution in [2.45, 2.75) is 20.8 Å². The molecule has 0 spiro atoms. The SMILES string of the molecule is C=CC.CC1=CC1C. The van der Waals surface area contributed by atoms with Gasteiger partial charge < -0.3 is 0 Å². The predicted octanol–water partition coefficient (Wildman–Crippen LogP) is 2.77. The van der Waals surface area contributed by atoms with Crippen molar-refractivity contribution < 1.29 is 0 Å². The molecule has 1 aliphatic carbocycles. The summed E-state index contributed by atoms with van der Waals surface area (Å²) >= 11 is 0. The van der Waals surface area contributed by atoms with E-state index in [4.69, 9.17) is 0 Å². The van der Waals surface area contributed by atoms with E-state index in [9.17, 15) is 0 Å². The fraction of sp³-hybridized carbons (Fsp3) is 0.500. The summed E-state index contributed by atoms with van der Waals surface area (Å²) in [7, 11) is 0. The molecule has 0 heteroatoms. The Labute approximate surface area is 51.9 Å². The summed E-state index contributed by atoms with van der Waals surface area (Å²) in [6, 6.07) is 0. The fourth-order valence-electron chi connectivity index (χ4n) is 0.346. The third-order valence-electron chi connectivity index (χ3n) is 1.12. The molecular weight excluding hydrogens is 96.1 g/mol. The maximum absolute atomic E-state index is 3.36. The third kappa shape index (κ3) is 3.66. The van der Waals surface area contributed by atoms with Crippen LogP contribution in [0, 0.1) is 5.92 Å². The molecule has 0 heterocycles. The fourth-order valence-corrected chi connectivity index (χ4v) is 0.346. The van der Waals surface area contributed by atoms with E-state index >= 15 is 0 Å². The Kier molecular flexibility index (Phi) is 3.25. The first-order valence-electron chi connectivity index (χ1n) is 2.97. The normalized spacial score (nSPS) is 22.4. The summed E-state index contributed by atoms with van der Waals surface area (Å²) in [5, 5.41) is 0. The Hall–Kier alpha value is -0.520. The molecule has 1 aliphatic rings. The van der Waals surface area contributed by atoms with Crippen molar-refractivity contribution in [3.8, 4) is 0 Å². The second-order valence-corrected chi connectivity index (χ2v) is 2.11. The molecular formula is C8H14. The van der Waals surface area contributed by atoms with E-state index in [-0.39, 0.29) is 0 Å². The van der Waals surface area contributed by atoms with Gasteiger partial charge in [-0.05, 0) is 19.8 Å². The molecule has 0 amide bonds. The van der Waals surface area contributed by atoms with E-state index < -0.39 is 0 Å². The lowest BCUT2D eigenvalue weighted by molar-refractivity contribution is 1.03. The molecule has 0 nitrogen and oxygen atoms in total. The molecule has 0 N–H and O–H groups in total. The Morgan fingerprint density at radius 1 is 1.75 bits per heavy atom. The van der Waals surface area contributed by atoms with Crippen molar-refractivity contribution in [3.05, 3.63) is 24.3 Å². The first-order chi connectivity index (χ1) is 3.72. The zero-order valence-electron chi connectivity index (χ0n) is 5.94. The Morgan fingerprint density at radius 2 is 1.88 bits per heavy atom. The van der Waals surface area contributed by atoms with E-state index in [1.165, 1.54) is 0 Å². The second kappa shape index (κ2) is 3.48. The van der Waals surface area contributed by atoms with Crippen LogP contribution in [0.2, 0.25) is 0 Å². The summed E-state index contributed by atoms with van der Waals surface area (Å²) in [5.74, 6) is 0.843. The number of allylic oxidation sites excluding steroid dienone is 3. The summed E-state index contributed by atoms with van der Waals surface area (Å²) in [4.78, 5) is 0. The average Bonchev–Trinajstić information content (AvgIpc) is 2.22. The van der Waals surface area contributed by atoms with E-state index in [2.05, 4.69) is 26.5 Å². The lowest BCUT2D eigenvalue weighted by atomic mass is 10.4. The highest BCUT2D eigenvalue weighted by atomic mass is 14.2. The first-order valence-corrected chi connectivity index (χ1v) is 2.97. The summed E-state index contributed by atoms with van der Waals surface area (Å²) in [6.07, 6.45) is 4.00. The van der Waals surface area contributed by atoms with Gasteiger partial charge in [0, 0.05) is 0 Å². The van der Waals surface area contributed by atoms with Crippen LogP contribution in [0.1, 0.15) is 20.8 Å². The lowest BCUT2D eigenvalue weighted by Gasteiger charge is -1.69. The van der Waals surface area contributed by atoms with E-state index in [0.717, 1.165) is 5.92 Å². The van der Waals surface area contributed by atoms with Gasteiger partial charge in [-0.2, -0.15) is 0 Å². The summed E-state index contributed by atoms with van der Waals surface area (Å²) in [6.45, 7) is 9.61. The van der Waals surface area contributed by atoms with Crippen LogP contribution in [0.25, 0.3) is 0 Å². The van der Waals surface area contributed by atoms with Crippen molar-refractivity contribution in [1.82, 2.24) is 0 Å². The van der Waals surface area contributed by atoms with Gasteiger partial charge in [0.1, 0.15) is 0 Å². The van der Waals surface area contributed by atoms with Crippen molar-refractivity contribution in [2.75, 3.05) is 0 Å². The zero-order chi connectivity index (χ0) is 6.57. The van der Waals surface area contributed by atoms with Crippen LogP contribution in [0.5, 0.6) is 0 Å². The number of hydrogen-bond acceptors (Lipinski definition) is 0. The molecule has 0 aromatic carbocycles. The molecule has 0 saturated carbocycles. The van der Waals surface area contributed by atoms with Crippen molar-refractivity contribution in [2.24, 2.45) is 5.92 Å². The van der Waals surface area contributed by atoms with Gasteiger partial charge in [-0.1, -0.05) is 24.6 Å². The highest BCUT2D eigenvalue weighted by Gasteiger charge is 2.10. The van der Waals surface area contributed by atoms with Crippen molar-refractivity contribution >= 4 is 0 Å². The minimum atomic E-state index is 0.843. The van der Waals surface area contributed by atoms with Crippen LogP contribution >= 0.6 is 0 Å². The quantitative estimate of drug-likeness (QED) is 0.421. The molecule has 1 unspecified atom stereocenters. The van der Waals surface area contributed by atoms with Crippen LogP contribution in [-0.2, 0) is 0 Å². The van der Waals surface area contributed by atoms with Gasteiger partial charge in [0.2, 0.25) is 0 Å². The van der Waals surface area contributed by atoms with Crippen LogP contribution in [0.3, 0.4) is 0 Å². The van der Waals surface area contributed by atoms with Crippen LogP contribution < -0.4 is 0 Å². The van der Waals surface area contributed by atoms with Gasteiger partial charge in [-0.15, -0.1) is 6.58 Å². The highest BCUT2D eigenvalue weighted by Crippen LogP contribution is 2.25. The maximum Gasteiger partial charge on any atom is -0.00514 e. The minimum Gasteiger partial charge on any atom is -0.103 e. The molecule has 0 fully saturated rings. The van der Waals surface area contributed by atoms with Gasteiger partial charge in [0.25, 0.3) is 0 Å². The summed E-state index contributed by atoms with van der Waals surface area (Å²) < 4.78 is 0. The molecule has 0 aromatic heterocycles. The van der Waals surface area contributed by atoms with Crippen LogP contribution in [0.15, 0.2) is 24.3 Å². The minimum absolute atomic E-state index is 0.843. The molecule has 0 radical (unpaired) electrons. The summed E-state index contributed by atoms with van der Waals surface area (Å²) in [5.41, 5.74) is 1.55. The number of hydrogen-bond donors (Lipinski definition) is 0. The Balaban J connectivity index is 0.000000145. The smallest absolute Gasteiger partial charge is 0.00514 e. The van der Waals surface area contributed by atoms with Gasteiger partial charge in [-0.25, -0.2) is 0 Å². The number of rotatable bonds is 0. The predicted molar refractivity (Wildman–Crippen MR) is 38.8 cm³/mol. The highest BCUT2D eigenvalue weighted by molar-refractivity contribution is 5.24. The van der Waals surface area contributed by atoms with E-state index in [1.54, 1.807) is 11.6 Å². The monoisotopic (exact) mass is 110 g/mol. The molecule has 0 bridgehead atoms. The average molecular weight is 110 g/mol. The molecule has 0 aliphatic heterocycles. The standard InChI is InChI=1S/C5H8.C3H6/c1-4-3-5(4)2;1-3-2/h3-4H,1-2H3;3H,1H2,2H3. The van der Waals surface area contributed by atoms with Crippen LogP contribution in [-0.4, -0.2) is 0 Å². The molecule has 1 rings (SSSR count). The van der Waals surface area contributed by atoms with E-state index in [0.29, 0.717) is 0 Å².